The first-order valence-electron chi connectivity index (χ1n) is 13.3. The van der Waals surface area contributed by atoms with Gasteiger partial charge in [0.2, 0.25) is 0 Å². The molecule has 5 aromatic rings. The van der Waals surface area contributed by atoms with E-state index >= 15 is 0 Å². The Bertz CT molecular complexity index is 1490. The third-order valence-electron chi connectivity index (χ3n) is 7.20. The summed E-state index contributed by atoms with van der Waals surface area (Å²) in [5.74, 6) is 0.153. The van der Waals surface area contributed by atoms with Crippen molar-refractivity contribution < 1.29 is 0 Å². The van der Waals surface area contributed by atoms with E-state index < -0.39 is 5.66 Å². The van der Waals surface area contributed by atoms with Gasteiger partial charge in [-0.15, -0.1) is 0 Å². The summed E-state index contributed by atoms with van der Waals surface area (Å²) in [7, 11) is 0. The zero-order valence-corrected chi connectivity index (χ0v) is 23.3. The Hall–Kier alpha value is -4.24. The second-order valence-electron chi connectivity index (χ2n) is 9.73. The van der Waals surface area contributed by atoms with E-state index in [-0.39, 0.29) is 5.92 Å². The number of hydrogen-bond donors (Lipinski definition) is 0. The molecule has 0 unspecified atom stereocenters. The molecule has 0 N–H and O–H groups in total. The summed E-state index contributed by atoms with van der Waals surface area (Å²) in [6.45, 7) is 0. The van der Waals surface area contributed by atoms with Gasteiger partial charge in [0.1, 0.15) is 0 Å². The van der Waals surface area contributed by atoms with Crippen molar-refractivity contribution in [2.24, 2.45) is 0 Å². The minimum absolute atomic E-state index is 0.153. The van der Waals surface area contributed by atoms with Crippen LogP contribution in [0, 0.1) is 0 Å². The Kier molecular flexibility index (Phi) is 7.46. The van der Waals surface area contributed by atoms with E-state index in [1.54, 1.807) is 0 Å². The highest BCUT2D eigenvalue weighted by Crippen LogP contribution is 2.46. The summed E-state index contributed by atoms with van der Waals surface area (Å²) in [6, 6.07) is 47.6. The van der Waals surface area contributed by atoms with Crippen LogP contribution in [0.2, 0.25) is 10.0 Å². The lowest BCUT2D eigenvalue weighted by atomic mass is 9.87. The number of para-hydroxylation sites is 2. The van der Waals surface area contributed by atoms with Gasteiger partial charge in [0.05, 0.1) is 0 Å². The molecule has 0 fully saturated rings. The molecule has 1 aliphatic carbocycles. The van der Waals surface area contributed by atoms with Crippen LogP contribution in [0.25, 0.3) is 0 Å². The van der Waals surface area contributed by atoms with Crippen molar-refractivity contribution in [3.63, 3.8) is 0 Å². The number of hydrogen-bond acceptors (Lipinski definition) is 2. The van der Waals surface area contributed by atoms with Crippen LogP contribution in [0.5, 0.6) is 0 Å². The SMILES string of the molecule is Clc1ccc(N(c2ccccc2)C2(N(c3ccccc3)c3ccc(Cl)cc3)C=CC(c3ccccc3)C=C2)cc1. The minimum atomic E-state index is -0.754. The molecule has 0 saturated heterocycles. The highest BCUT2D eigenvalue weighted by Gasteiger charge is 2.42. The lowest BCUT2D eigenvalue weighted by Gasteiger charge is -2.51. The maximum atomic E-state index is 6.37. The van der Waals surface area contributed by atoms with Crippen LogP contribution in [0.1, 0.15) is 11.5 Å². The number of allylic oxidation sites excluding steroid dienone is 2. The fourth-order valence-electron chi connectivity index (χ4n) is 5.37. The predicted molar refractivity (Wildman–Crippen MR) is 170 cm³/mol. The maximum absolute atomic E-state index is 6.37. The average Bonchev–Trinajstić information content (AvgIpc) is 3.01. The molecule has 0 amide bonds. The van der Waals surface area contributed by atoms with E-state index in [0.717, 1.165) is 22.7 Å². The first-order chi connectivity index (χ1) is 19.6. The van der Waals surface area contributed by atoms with Crippen molar-refractivity contribution in [3.05, 3.63) is 179 Å². The Morgan fingerprint density at radius 1 is 0.425 bits per heavy atom. The largest absolute Gasteiger partial charge is 0.311 e. The zero-order chi connectivity index (χ0) is 27.4. The van der Waals surface area contributed by atoms with Crippen molar-refractivity contribution in [2.45, 2.75) is 11.6 Å². The van der Waals surface area contributed by atoms with Crippen molar-refractivity contribution in [2.75, 3.05) is 9.80 Å². The average molecular weight is 560 g/mol. The Balaban J connectivity index is 1.62. The van der Waals surface area contributed by atoms with Crippen LogP contribution < -0.4 is 9.80 Å². The third-order valence-corrected chi connectivity index (χ3v) is 7.70. The monoisotopic (exact) mass is 558 g/mol. The van der Waals surface area contributed by atoms with Crippen molar-refractivity contribution in [1.82, 2.24) is 0 Å². The number of rotatable bonds is 7. The fraction of sp³-hybridized carbons (Fsp3) is 0.0556. The molecule has 0 spiro atoms. The topological polar surface area (TPSA) is 6.48 Å². The maximum Gasteiger partial charge on any atom is 0.160 e. The van der Waals surface area contributed by atoms with Gasteiger partial charge in [0.25, 0.3) is 0 Å². The molecular weight excluding hydrogens is 531 g/mol. The van der Waals surface area contributed by atoms with E-state index in [2.05, 4.69) is 137 Å². The van der Waals surface area contributed by atoms with Gasteiger partial charge in [-0.05, 0) is 90.5 Å². The molecule has 0 saturated carbocycles. The summed E-state index contributed by atoms with van der Waals surface area (Å²) in [4.78, 5) is 4.72. The van der Waals surface area contributed by atoms with Crippen LogP contribution in [0.4, 0.5) is 22.7 Å². The molecule has 0 aliphatic heterocycles. The molecule has 2 nitrogen and oxygen atoms in total. The summed E-state index contributed by atoms with van der Waals surface area (Å²) >= 11 is 12.7. The van der Waals surface area contributed by atoms with E-state index in [0.29, 0.717) is 10.0 Å². The molecule has 0 atom stereocenters. The van der Waals surface area contributed by atoms with E-state index in [9.17, 15) is 0 Å². The van der Waals surface area contributed by atoms with Gasteiger partial charge < -0.3 is 9.80 Å². The van der Waals surface area contributed by atoms with Crippen LogP contribution in [0.3, 0.4) is 0 Å². The van der Waals surface area contributed by atoms with Gasteiger partial charge in [-0.25, -0.2) is 0 Å². The summed E-state index contributed by atoms with van der Waals surface area (Å²) in [6.07, 6.45) is 9.22. The van der Waals surface area contributed by atoms with Gasteiger partial charge in [-0.1, -0.05) is 102 Å². The Labute approximate surface area is 246 Å². The quantitative estimate of drug-likeness (QED) is 0.145. The van der Waals surface area contributed by atoms with Crippen LogP contribution in [-0.4, -0.2) is 5.66 Å². The summed E-state index contributed by atoms with van der Waals surface area (Å²) in [5, 5.41) is 1.39. The molecule has 6 rings (SSSR count). The predicted octanol–water partition coefficient (Wildman–Crippen LogP) is 10.6. The highest BCUT2D eigenvalue weighted by atomic mass is 35.5. The van der Waals surface area contributed by atoms with Gasteiger partial charge in [-0.3, -0.25) is 0 Å². The van der Waals surface area contributed by atoms with Crippen molar-refractivity contribution in [1.29, 1.82) is 0 Å². The number of benzene rings is 5. The molecule has 0 aromatic heterocycles. The first-order valence-corrected chi connectivity index (χ1v) is 14.0. The molecule has 0 radical (unpaired) electrons. The zero-order valence-electron chi connectivity index (χ0n) is 21.8. The normalized spacial score (nSPS) is 14.2. The molecule has 196 valence electrons. The van der Waals surface area contributed by atoms with Gasteiger partial charge in [-0.2, -0.15) is 0 Å². The number of nitrogens with zero attached hydrogens (tertiary/aromatic N) is 2. The minimum Gasteiger partial charge on any atom is -0.311 e. The van der Waals surface area contributed by atoms with E-state index in [1.165, 1.54) is 5.56 Å². The molecule has 1 aliphatic rings. The molecule has 0 heterocycles. The molecular formula is C36H28Cl2N2. The third kappa shape index (κ3) is 5.16. The molecule has 4 heteroatoms. The van der Waals surface area contributed by atoms with Gasteiger partial charge in [0.15, 0.2) is 5.66 Å². The van der Waals surface area contributed by atoms with Crippen LogP contribution in [0.15, 0.2) is 164 Å². The second kappa shape index (κ2) is 11.5. The van der Waals surface area contributed by atoms with Gasteiger partial charge in [0, 0.05) is 38.7 Å². The van der Waals surface area contributed by atoms with Crippen LogP contribution >= 0.6 is 23.2 Å². The second-order valence-corrected chi connectivity index (χ2v) is 10.6. The summed E-state index contributed by atoms with van der Waals surface area (Å²) < 4.78 is 0. The van der Waals surface area contributed by atoms with Gasteiger partial charge >= 0.3 is 0 Å². The Morgan fingerprint density at radius 3 is 1.18 bits per heavy atom. The fourth-order valence-corrected chi connectivity index (χ4v) is 5.62. The Morgan fingerprint density at radius 2 is 0.775 bits per heavy atom. The lowest BCUT2D eigenvalue weighted by molar-refractivity contribution is 0.625. The number of halogens is 2. The molecule has 5 aromatic carbocycles. The van der Waals surface area contributed by atoms with Crippen molar-refractivity contribution in [3.8, 4) is 0 Å². The standard InChI is InChI=1S/C36H28Cl2N2/c37-30-16-20-34(21-17-30)39(32-12-6-2-7-13-32)36(26-24-29(25-27-36)28-10-4-1-5-11-28)40(33-14-8-3-9-15-33)35-22-18-31(38)19-23-35/h1-27,29H. The van der Waals surface area contributed by atoms with Crippen LogP contribution in [-0.2, 0) is 0 Å². The smallest absolute Gasteiger partial charge is 0.160 e. The first kappa shape index (κ1) is 26.0. The summed E-state index contributed by atoms with van der Waals surface area (Å²) in [5.41, 5.74) is 4.62. The van der Waals surface area contributed by atoms with Crippen molar-refractivity contribution >= 4 is 46.0 Å². The van der Waals surface area contributed by atoms with E-state index in [4.69, 9.17) is 23.2 Å². The molecule has 0 bridgehead atoms. The highest BCUT2D eigenvalue weighted by molar-refractivity contribution is 6.31. The van der Waals surface area contributed by atoms with E-state index in [1.807, 2.05) is 36.4 Å². The lowest BCUT2D eigenvalue weighted by Crippen LogP contribution is -2.56. The molecule has 40 heavy (non-hydrogen) atoms. The number of anilines is 4.